The second kappa shape index (κ2) is 5.15. The third-order valence-electron chi connectivity index (χ3n) is 2.00. The molecule has 1 aromatic rings. The lowest BCUT2D eigenvalue weighted by atomic mass is 10.4. The zero-order chi connectivity index (χ0) is 12.1. The Kier molecular flexibility index (Phi) is 3.87. The molecular formula is C9H13N3O4. The van der Waals surface area contributed by atoms with Crippen LogP contribution in [0.5, 0.6) is 5.75 Å². The van der Waals surface area contributed by atoms with E-state index in [1.807, 2.05) is 0 Å². The molecule has 0 aliphatic heterocycles. The molecule has 88 valence electrons. The number of rotatable bonds is 5. The van der Waals surface area contributed by atoms with Crippen LogP contribution in [0.2, 0.25) is 0 Å². The van der Waals surface area contributed by atoms with Gasteiger partial charge >= 0.3 is 5.97 Å². The zero-order valence-electron chi connectivity index (χ0n) is 9.06. The Morgan fingerprint density at radius 1 is 1.69 bits per heavy atom. The Balaban J connectivity index is 3.14. The highest BCUT2D eigenvalue weighted by Crippen LogP contribution is 2.19. The number of methoxy groups -OCH3 is 1. The van der Waals surface area contributed by atoms with Crippen LogP contribution in [0.4, 0.5) is 5.82 Å². The molecule has 1 heterocycles. The first-order valence-corrected chi connectivity index (χ1v) is 4.68. The van der Waals surface area contributed by atoms with Crippen LogP contribution in [0.3, 0.4) is 0 Å². The van der Waals surface area contributed by atoms with Gasteiger partial charge in [0.2, 0.25) is 5.75 Å². The van der Waals surface area contributed by atoms with Crippen LogP contribution in [0.1, 0.15) is 6.92 Å². The fraction of sp³-hybridized carbons (Fsp3) is 0.444. The van der Waals surface area contributed by atoms with Gasteiger partial charge in [0.05, 0.1) is 13.4 Å². The number of anilines is 1. The second-order valence-electron chi connectivity index (χ2n) is 3.00. The molecule has 2 N–H and O–H groups in total. The van der Waals surface area contributed by atoms with E-state index in [1.54, 1.807) is 6.92 Å². The number of H-pyrrole nitrogens is 1. The average molecular weight is 227 g/mol. The number of carboxylic acids is 1. The highest BCUT2D eigenvalue weighted by atomic mass is 16.5. The van der Waals surface area contributed by atoms with Crippen molar-refractivity contribution in [1.29, 1.82) is 0 Å². The maximum absolute atomic E-state index is 11.4. The molecule has 0 aliphatic carbocycles. The molecule has 0 aliphatic rings. The fourth-order valence-electron chi connectivity index (χ4n) is 1.29. The van der Waals surface area contributed by atoms with Gasteiger partial charge in [-0.15, -0.1) is 0 Å². The lowest BCUT2D eigenvalue weighted by Crippen LogP contribution is -2.31. The van der Waals surface area contributed by atoms with Crippen molar-refractivity contribution in [2.75, 3.05) is 25.1 Å². The molecule has 0 atom stereocenters. The lowest BCUT2D eigenvalue weighted by molar-refractivity contribution is -0.135. The van der Waals surface area contributed by atoms with E-state index in [-0.39, 0.29) is 18.1 Å². The first-order chi connectivity index (χ1) is 7.60. The Labute approximate surface area is 91.7 Å². The van der Waals surface area contributed by atoms with Gasteiger partial charge in [0.25, 0.3) is 5.56 Å². The van der Waals surface area contributed by atoms with Crippen LogP contribution >= 0.6 is 0 Å². The molecule has 0 saturated carbocycles. The first kappa shape index (κ1) is 12.0. The van der Waals surface area contributed by atoms with Crippen LogP contribution in [0.25, 0.3) is 0 Å². The summed E-state index contributed by atoms with van der Waals surface area (Å²) in [5, 5.41) is 8.71. The topological polar surface area (TPSA) is 95.5 Å². The molecule has 0 unspecified atom stereocenters. The summed E-state index contributed by atoms with van der Waals surface area (Å²) in [6, 6.07) is 0. The van der Waals surface area contributed by atoms with Crippen LogP contribution in [-0.4, -0.2) is 41.2 Å². The molecule has 0 radical (unpaired) electrons. The Morgan fingerprint density at radius 2 is 2.38 bits per heavy atom. The van der Waals surface area contributed by atoms with Crippen LogP contribution in [0, 0.1) is 0 Å². The van der Waals surface area contributed by atoms with Gasteiger partial charge < -0.3 is 19.7 Å². The van der Waals surface area contributed by atoms with E-state index in [0.29, 0.717) is 6.54 Å². The third-order valence-corrected chi connectivity index (χ3v) is 2.00. The number of ether oxygens (including phenoxy) is 1. The van der Waals surface area contributed by atoms with Crippen molar-refractivity contribution in [2.24, 2.45) is 0 Å². The quantitative estimate of drug-likeness (QED) is 0.716. The molecule has 0 fully saturated rings. The molecule has 0 saturated heterocycles. The van der Waals surface area contributed by atoms with Crippen LogP contribution in [0.15, 0.2) is 11.1 Å². The SMILES string of the molecule is CCN(CC(=O)O)c1nc[nH]c(=O)c1OC. The van der Waals surface area contributed by atoms with Gasteiger partial charge in [0, 0.05) is 6.54 Å². The molecule has 1 rings (SSSR count). The number of hydrogen-bond donors (Lipinski definition) is 2. The first-order valence-electron chi connectivity index (χ1n) is 4.68. The number of nitrogens with zero attached hydrogens (tertiary/aromatic N) is 2. The second-order valence-corrected chi connectivity index (χ2v) is 3.00. The Hall–Kier alpha value is -2.05. The summed E-state index contributed by atoms with van der Waals surface area (Å²) in [7, 11) is 1.34. The number of aliphatic carboxylic acids is 1. The molecule has 7 heteroatoms. The van der Waals surface area contributed by atoms with Crippen molar-refractivity contribution in [3.05, 3.63) is 16.7 Å². The number of nitrogens with one attached hydrogen (secondary N) is 1. The van der Waals surface area contributed by atoms with Crippen molar-refractivity contribution in [3.63, 3.8) is 0 Å². The summed E-state index contributed by atoms with van der Waals surface area (Å²) in [6.07, 6.45) is 1.21. The maximum atomic E-state index is 11.4. The maximum Gasteiger partial charge on any atom is 0.323 e. The van der Waals surface area contributed by atoms with Crippen LogP contribution in [-0.2, 0) is 4.79 Å². The minimum atomic E-state index is -0.994. The van der Waals surface area contributed by atoms with E-state index < -0.39 is 11.5 Å². The molecule has 7 nitrogen and oxygen atoms in total. The van der Waals surface area contributed by atoms with Crippen molar-refractivity contribution in [3.8, 4) is 5.75 Å². The van der Waals surface area contributed by atoms with E-state index in [0.717, 1.165) is 0 Å². The third kappa shape index (κ3) is 2.50. The summed E-state index contributed by atoms with van der Waals surface area (Å²) in [6.45, 7) is 1.95. The smallest absolute Gasteiger partial charge is 0.323 e. The summed E-state index contributed by atoms with van der Waals surface area (Å²) in [4.78, 5) is 29.7. The molecule has 0 spiro atoms. The largest absolute Gasteiger partial charge is 0.489 e. The number of aromatic amines is 1. The summed E-state index contributed by atoms with van der Waals surface area (Å²) in [5.41, 5.74) is -0.434. The standard InChI is InChI=1S/C9H13N3O4/c1-3-12(4-6(13)14)8-7(16-2)9(15)11-5-10-8/h5H,3-4H2,1-2H3,(H,13,14)(H,10,11,15). The average Bonchev–Trinajstić information content (AvgIpc) is 2.25. The minimum Gasteiger partial charge on any atom is -0.489 e. The Bertz CT molecular complexity index is 429. The van der Waals surface area contributed by atoms with E-state index in [2.05, 4.69) is 9.97 Å². The number of likely N-dealkylation sites (N-methyl/N-ethyl adjacent to an activating group) is 1. The summed E-state index contributed by atoms with van der Waals surface area (Å²) in [5.74, 6) is -0.743. The normalized spacial score (nSPS) is 9.88. The number of carbonyl (C=O) groups is 1. The van der Waals surface area contributed by atoms with Crippen molar-refractivity contribution >= 4 is 11.8 Å². The number of carboxylic acid groups (broad SMARTS) is 1. The van der Waals surface area contributed by atoms with Crippen molar-refractivity contribution < 1.29 is 14.6 Å². The van der Waals surface area contributed by atoms with Crippen LogP contribution < -0.4 is 15.2 Å². The highest BCUT2D eigenvalue weighted by Gasteiger charge is 2.17. The lowest BCUT2D eigenvalue weighted by Gasteiger charge is -2.20. The Morgan fingerprint density at radius 3 is 2.88 bits per heavy atom. The molecule has 0 bridgehead atoms. The fourth-order valence-corrected chi connectivity index (χ4v) is 1.29. The molecule has 0 amide bonds. The predicted molar refractivity (Wildman–Crippen MR) is 56.9 cm³/mol. The van der Waals surface area contributed by atoms with E-state index >= 15 is 0 Å². The molecular weight excluding hydrogens is 214 g/mol. The van der Waals surface area contributed by atoms with Crippen molar-refractivity contribution in [1.82, 2.24) is 9.97 Å². The van der Waals surface area contributed by atoms with Gasteiger partial charge in [-0.1, -0.05) is 0 Å². The number of hydrogen-bond acceptors (Lipinski definition) is 5. The van der Waals surface area contributed by atoms with Gasteiger partial charge in [0.1, 0.15) is 6.54 Å². The van der Waals surface area contributed by atoms with Gasteiger partial charge in [-0.3, -0.25) is 9.59 Å². The highest BCUT2D eigenvalue weighted by molar-refractivity contribution is 5.74. The van der Waals surface area contributed by atoms with Gasteiger partial charge in [-0.2, -0.15) is 0 Å². The molecule has 16 heavy (non-hydrogen) atoms. The summed E-state index contributed by atoms with van der Waals surface area (Å²) < 4.78 is 4.90. The van der Waals surface area contributed by atoms with Gasteiger partial charge in [-0.25, -0.2) is 4.98 Å². The van der Waals surface area contributed by atoms with Gasteiger partial charge in [-0.05, 0) is 6.92 Å². The van der Waals surface area contributed by atoms with Crippen molar-refractivity contribution in [2.45, 2.75) is 6.92 Å². The molecule has 1 aromatic heterocycles. The van der Waals surface area contributed by atoms with E-state index in [1.165, 1.54) is 18.3 Å². The number of aromatic nitrogens is 2. The summed E-state index contributed by atoms with van der Waals surface area (Å²) >= 11 is 0. The molecule has 0 aromatic carbocycles. The zero-order valence-corrected chi connectivity index (χ0v) is 9.06. The monoisotopic (exact) mass is 227 g/mol. The van der Waals surface area contributed by atoms with E-state index in [9.17, 15) is 9.59 Å². The van der Waals surface area contributed by atoms with Gasteiger partial charge in [0.15, 0.2) is 5.82 Å². The van der Waals surface area contributed by atoms with E-state index in [4.69, 9.17) is 9.84 Å². The minimum absolute atomic E-state index is 0.0191. The predicted octanol–water partition coefficient (Wildman–Crippen LogP) is -0.311.